The van der Waals surface area contributed by atoms with E-state index in [1.165, 1.54) is 0 Å². The van der Waals surface area contributed by atoms with Gasteiger partial charge in [-0.2, -0.15) is 0 Å². The van der Waals surface area contributed by atoms with Crippen LogP contribution < -0.4 is 11.5 Å². The second-order valence-electron chi connectivity index (χ2n) is 1.29. The van der Waals surface area contributed by atoms with E-state index in [4.69, 9.17) is 24.7 Å². The normalized spacial score (nSPS) is 9.36. The van der Waals surface area contributed by atoms with E-state index in [1.54, 1.807) is 0 Å². The summed E-state index contributed by atoms with van der Waals surface area (Å²) in [6, 6.07) is 0. The van der Waals surface area contributed by atoms with Gasteiger partial charge in [0.2, 0.25) is 0 Å². The summed E-state index contributed by atoms with van der Waals surface area (Å²) in [5.74, 6) is -1.48. The summed E-state index contributed by atoms with van der Waals surface area (Å²) in [6.45, 7) is 0. The zero-order valence-electron chi connectivity index (χ0n) is 5.26. The summed E-state index contributed by atoms with van der Waals surface area (Å²) in [5.41, 5.74) is 8.99. The summed E-state index contributed by atoms with van der Waals surface area (Å²) >= 11 is 0. The molecule has 0 aliphatic heterocycles. The average Bonchev–Trinajstić information content (AvgIpc) is 1.59. The van der Waals surface area contributed by atoms with Crippen molar-refractivity contribution in [3.63, 3.8) is 0 Å². The van der Waals surface area contributed by atoms with Crippen molar-refractivity contribution < 1.29 is 24.0 Å². The second kappa shape index (κ2) is 4.80. The first-order valence-corrected chi connectivity index (χ1v) is 3.63. The van der Waals surface area contributed by atoms with E-state index in [9.17, 15) is 4.79 Å². The maximum Gasteiger partial charge on any atom is 0.466 e. The maximum absolute atomic E-state index is 9.57. The number of nitrogens with one attached hydrogen (secondary N) is 1. The van der Waals surface area contributed by atoms with Crippen molar-refractivity contribution in [2.45, 2.75) is 0 Å². The summed E-state index contributed by atoms with van der Waals surface area (Å²) in [6.07, 6.45) is 0. The monoisotopic (exact) mass is 185 g/mol. The number of carbonyl (C=O) groups excluding carboxylic acids is 1. The predicted octanol–water partition coefficient (Wildman–Crippen LogP) is -2.52. The summed E-state index contributed by atoms with van der Waals surface area (Å²) in [5, 5.41) is 6.25. The van der Waals surface area contributed by atoms with E-state index in [-0.39, 0.29) is 0 Å². The highest BCUT2D eigenvalue weighted by atomic mass is 31.2. The molecule has 0 atom stereocenters. The van der Waals surface area contributed by atoms with Gasteiger partial charge in [-0.3, -0.25) is 10.2 Å². The first-order chi connectivity index (χ1) is 4.64. The molecule has 0 aromatic heterocycles. The lowest BCUT2D eigenvalue weighted by Gasteiger charge is -1.82. The van der Waals surface area contributed by atoms with Gasteiger partial charge < -0.3 is 26.1 Å². The Kier molecular flexibility index (Phi) is 5.55. The van der Waals surface area contributed by atoms with Crippen LogP contribution >= 0.6 is 7.82 Å². The van der Waals surface area contributed by atoms with Gasteiger partial charge in [0.25, 0.3) is 5.91 Å². The smallest absolute Gasteiger partial charge is 0.380 e. The van der Waals surface area contributed by atoms with Crippen molar-refractivity contribution in [3.05, 3.63) is 0 Å². The molecular weight excluding hydrogens is 177 g/mol. The van der Waals surface area contributed by atoms with Gasteiger partial charge in [0.15, 0.2) is 5.84 Å². The largest absolute Gasteiger partial charge is 0.466 e. The quantitative estimate of drug-likeness (QED) is 0.138. The highest BCUT2D eigenvalue weighted by Gasteiger charge is 2.00. The molecule has 0 fully saturated rings. The van der Waals surface area contributed by atoms with Crippen molar-refractivity contribution in [1.82, 2.24) is 0 Å². The van der Waals surface area contributed by atoms with Crippen LogP contribution in [0.2, 0.25) is 0 Å². The molecule has 0 aromatic rings. The molecule has 9 heteroatoms. The van der Waals surface area contributed by atoms with E-state index in [1.807, 2.05) is 0 Å². The molecule has 0 radical (unpaired) electrons. The fraction of sp³-hybridized carbons (Fsp3) is 0. The lowest BCUT2D eigenvalue weighted by atomic mass is 10.6. The van der Waals surface area contributed by atoms with Crippen LogP contribution in [-0.4, -0.2) is 26.4 Å². The minimum Gasteiger partial charge on any atom is -0.380 e. The highest BCUT2D eigenvalue weighted by Crippen LogP contribution is 2.25. The van der Waals surface area contributed by atoms with E-state index in [0.29, 0.717) is 0 Å². The average molecular weight is 185 g/mol. The molecule has 11 heavy (non-hydrogen) atoms. The Morgan fingerprint density at radius 1 is 1.27 bits per heavy atom. The lowest BCUT2D eigenvalue weighted by Crippen LogP contribution is -2.29. The molecule has 8 nitrogen and oxygen atoms in total. The van der Waals surface area contributed by atoms with Crippen molar-refractivity contribution in [2.24, 2.45) is 11.5 Å². The Hall–Kier alpha value is -0.950. The highest BCUT2D eigenvalue weighted by molar-refractivity contribution is 7.45. The number of hydrogen-bond acceptors (Lipinski definition) is 3. The van der Waals surface area contributed by atoms with E-state index >= 15 is 0 Å². The van der Waals surface area contributed by atoms with Crippen LogP contribution in [0.5, 0.6) is 0 Å². The molecule has 0 aromatic carbocycles. The van der Waals surface area contributed by atoms with Crippen LogP contribution in [0, 0.1) is 5.41 Å². The molecule has 0 aliphatic carbocycles. The fourth-order valence-electron chi connectivity index (χ4n) is 0. The topological polar surface area (TPSA) is 171 Å². The molecule has 0 bridgehead atoms. The van der Waals surface area contributed by atoms with Gasteiger partial charge in [-0.05, 0) is 0 Å². The van der Waals surface area contributed by atoms with Crippen molar-refractivity contribution in [1.29, 1.82) is 5.41 Å². The van der Waals surface area contributed by atoms with Crippen molar-refractivity contribution in [2.75, 3.05) is 0 Å². The number of rotatable bonds is 0. The van der Waals surface area contributed by atoms with Crippen LogP contribution in [-0.2, 0) is 9.36 Å². The Labute approximate surface area is 61.6 Å². The van der Waals surface area contributed by atoms with Gasteiger partial charge in [-0.1, -0.05) is 0 Å². The van der Waals surface area contributed by atoms with E-state index in [2.05, 4.69) is 11.5 Å². The molecule has 0 aliphatic rings. The number of phosphoric acid groups is 1. The number of primary amides is 1. The van der Waals surface area contributed by atoms with Gasteiger partial charge in [0.1, 0.15) is 0 Å². The second-order valence-corrected chi connectivity index (χ2v) is 2.32. The number of carbonyl (C=O) groups is 1. The molecule has 0 rings (SSSR count). The van der Waals surface area contributed by atoms with Crippen LogP contribution in [0.15, 0.2) is 0 Å². The summed E-state index contributed by atoms with van der Waals surface area (Å²) in [4.78, 5) is 31.1. The Balaban J connectivity index is 0. The number of nitrogens with two attached hydrogens (primary N) is 2. The molecule has 0 saturated carbocycles. The fourth-order valence-corrected chi connectivity index (χ4v) is 0. The molecular formula is C2H8N3O5P. The van der Waals surface area contributed by atoms with Gasteiger partial charge in [-0.25, -0.2) is 4.57 Å². The van der Waals surface area contributed by atoms with Gasteiger partial charge in [-0.15, -0.1) is 0 Å². The SMILES string of the molecule is N=C(N)C(N)=O.O=P(O)(O)O. The maximum atomic E-state index is 9.57. The Morgan fingerprint density at radius 3 is 1.36 bits per heavy atom. The zero-order chi connectivity index (χ0) is 9.65. The van der Waals surface area contributed by atoms with Crippen LogP contribution in [0.1, 0.15) is 0 Å². The van der Waals surface area contributed by atoms with Gasteiger partial charge in [0.05, 0.1) is 0 Å². The van der Waals surface area contributed by atoms with Crippen LogP contribution in [0.25, 0.3) is 0 Å². The molecule has 66 valence electrons. The summed E-state index contributed by atoms with van der Waals surface area (Å²) < 4.78 is 8.88. The van der Waals surface area contributed by atoms with Gasteiger partial charge in [0, 0.05) is 0 Å². The Bertz CT molecular complexity index is 176. The third-order valence-electron chi connectivity index (χ3n) is 0.265. The molecule has 0 unspecified atom stereocenters. The van der Waals surface area contributed by atoms with Crippen LogP contribution in [0.3, 0.4) is 0 Å². The number of amides is 1. The third-order valence-corrected chi connectivity index (χ3v) is 0.265. The molecule has 1 amide bonds. The minimum absolute atomic E-state index is 0.602. The third kappa shape index (κ3) is 48.4. The minimum atomic E-state index is -4.64. The zero-order valence-corrected chi connectivity index (χ0v) is 6.15. The van der Waals surface area contributed by atoms with Gasteiger partial charge >= 0.3 is 7.82 Å². The van der Waals surface area contributed by atoms with Crippen molar-refractivity contribution >= 4 is 19.6 Å². The predicted molar refractivity (Wildman–Crippen MR) is 35.4 cm³/mol. The standard InChI is InChI=1S/C2H5N3O.H3O4P/c3-1(4)2(5)6;1-5(2,3)4/h(H3,3,4)(H2,5,6);(H3,1,2,3,4). The lowest BCUT2D eigenvalue weighted by molar-refractivity contribution is -0.112. The van der Waals surface area contributed by atoms with Crippen LogP contribution in [0.4, 0.5) is 0 Å². The molecule has 8 N–H and O–H groups in total. The van der Waals surface area contributed by atoms with Crippen molar-refractivity contribution in [3.8, 4) is 0 Å². The first-order valence-electron chi connectivity index (χ1n) is 2.06. The van der Waals surface area contributed by atoms with E-state index in [0.717, 1.165) is 0 Å². The summed E-state index contributed by atoms with van der Waals surface area (Å²) in [7, 11) is -4.64. The first kappa shape index (κ1) is 12.7. The molecule has 0 heterocycles. The Morgan fingerprint density at radius 2 is 1.36 bits per heavy atom. The number of hydrogen-bond donors (Lipinski definition) is 6. The molecule has 0 spiro atoms. The molecule has 0 saturated heterocycles. The van der Waals surface area contributed by atoms with E-state index < -0.39 is 19.6 Å². The number of amidine groups is 1.